The maximum absolute atomic E-state index is 5.62. The third-order valence-corrected chi connectivity index (χ3v) is 2.98. The number of likely N-dealkylation sites (tertiary alicyclic amines) is 1. The minimum atomic E-state index is 0.717. The van der Waals surface area contributed by atoms with Crippen molar-refractivity contribution in [2.75, 3.05) is 32.8 Å². The predicted molar refractivity (Wildman–Crippen MR) is 59.4 cm³/mol. The number of hydrogen-bond acceptors (Lipinski definition) is 3. The van der Waals surface area contributed by atoms with Crippen LogP contribution in [-0.4, -0.2) is 43.8 Å². The summed E-state index contributed by atoms with van der Waals surface area (Å²) in [5.41, 5.74) is 5.62. The zero-order valence-corrected chi connectivity index (χ0v) is 9.37. The highest BCUT2D eigenvalue weighted by molar-refractivity contribution is 4.76. The first-order valence-corrected chi connectivity index (χ1v) is 5.90. The molecule has 84 valence electrons. The van der Waals surface area contributed by atoms with Crippen LogP contribution in [0.4, 0.5) is 0 Å². The monoisotopic (exact) mass is 200 g/mol. The summed E-state index contributed by atoms with van der Waals surface area (Å²) >= 11 is 0. The van der Waals surface area contributed by atoms with Gasteiger partial charge in [0.25, 0.3) is 0 Å². The van der Waals surface area contributed by atoms with Crippen LogP contribution < -0.4 is 5.73 Å². The average Bonchev–Trinajstić information content (AvgIpc) is 2.21. The van der Waals surface area contributed by atoms with Crippen molar-refractivity contribution in [2.24, 2.45) is 5.73 Å². The molecule has 2 N–H and O–H groups in total. The van der Waals surface area contributed by atoms with Crippen molar-refractivity contribution in [1.82, 2.24) is 4.90 Å². The fraction of sp³-hybridized carbons (Fsp3) is 1.00. The third-order valence-electron chi connectivity index (χ3n) is 2.98. The SMILES string of the molecule is CCOCCN1CCCCC1CCN. The summed E-state index contributed by atoms with van der Waals surface area (Å²) in [6.45, 7) is 6.88. The van der Waals surface area contributed by atoms with Crippen LogP contribution in [0.1, 0.15) is 32.6 Å². The molecule has 1 fully saturated rings. The number of ether oxygens (including phenoxy) is 1. The molecule has 1 heterocycles. The number of nitrogens with zero attached hydrogens (tertiary/aromatic N) is 1. The summed E-state index contributed by atoms with van der Waals surface area (Å²) < 4.78 is 5.39. The lowest BCUT2D eigenvalue weighted by molar-refractivity contribution is 0.0752. The van der Waals surface area contributed by atoms with E-state index >= 15 is 0 Å². The Bertz CT molecular complexity index is 139. The summed E-state index contributed by atoms with van der Waals surface area (Å²) in [5.74, 6) is 0. The van der Waals surface area contributed by atoms with E-state index in [2.05, 4.69) is 4.90 Å². The standard InChI is InChI=1S/C11H24N2O/c1-2-14-10-9-13-8-4-3-5-11(13)6-7-12/h11H,2-10,12H2,1H3. The van der Waals surface area contributed by atoms with E-state index in [1.165, 1.54) is 25.8 Å². The van der Waals surface area contributed by atoms with Crippen molar-refractivity contribution in [3.8, 4) is 0 Å². The zero-order chi connectivity index (χ0) is 10.2. The summed E-state index contributed by atoms with van der Waals surface area (Å²) in [6, 6.07) is 0.717. The van der Waals surface area contributed by atoms with Crippen molar-refractivity contribution in [1.29, 1.82) is 0 Å². The van der Waals surface area contributed by atoms with Crippen LogP contribution in [0.15, 0.2) is 0 Å². The highest BCUT2D eigenvalue weighted by Gasteiger charge is 2.20. The molecule has 0 aromatic rings. The minimum absolute atomic E-state index is 0.717. The van der Waals surface area contributed by atoms with Crippen molar-refractivity contribution in [3.63, 3.8) is 0 Å². The third kappa shape index (κ3) is 3.95. The largest absolute Gasteiger partial charge is 0.380 e. The smallest absolute Gasteiger partial charge is 0.0593 e. The Kier molecular flexibility index (Phi) is 6.15. The second kappa shape index (κ2) is 7.21. The number of nitrogens with two attached hydrogens (primary N) is 1. The van der Waals surface area contributed by atoms with Gasteiger partial charge in [-0.3, -0.25) is 4.90 Å². The van der Waals surface area contributed by atoms with E-state index in [-0.39, 0.29) is 0 Å². The number of hydrogen-bond donors (Lipinski definition) is 1. The predicted octanol–water partition coefficient (Wildman–Crippen LogP) is 1.23. The lowest BCUT2D eigenvalue weighted by atomic mass is 9.99. The maximum Gasteiger partial charge on any atom is 0.0593 e. The molecule has 0 saturated carbocycles. The molecule has 1 aliphatic heterocycles. The van der Waals surface area contributed by atoms with Crippen molar-refractivity contribution in [2.45, 2.75) is 38.6 Å². The van der Waals surface area contributed by atoms with Crippen LogP contribution in [0.5, 0.6) is 0 Å². The first-order chi connectivity index (χ1) is 6.88. The van der Waals surface area contributed by atoms with Crippen LogP contribution >= 0.6 is 0 Å². The lowest BCUT2D eigenvalue weighted by Crippen LogP contribution is -2.42. The van der Waals surface area contributed by atoms with Gasteiger partial charge in [0, 0.05) is 19.2 Å². The molecule has 0 aliphatic carbocycles. The van der Waals surface area contributed by atoms with Gasteiger partial charge in [-0.25, -0.2) is 0 Å². The van der Waals surface area contributed by atoms with Gasteiger partial charge in [0.2, 0.25) is 0 Å². The topological polar surface area (TPSA) is 38.5 Å². The highest BCUT2D eigenvalue weighted by Crippen LogP contribution is 2.18. The van der Waals surface area contributed by atoms with Crippen LogP contribution in [0.25, 0.3) is 0 Å². The first kappa shape index (κ1) is 12.0. The zero-order valence-electron chi connectivity index (χ0n) is 9.37. The lowest BCUT2D eigenvalue weighted by Gasteiger charge is -2.35. The Morgan fingerprint density at radius 1 is 1.43 bits per heavy atom. The van der Waals surface area contributed by atoms with E-state index in [9.17, 15) is 0 Å². The highest BCUT2D eigenvalue weighted by atomic mass is 16.5. The Labute approximate surface area is 87.6 Å². The fourth-order valence-corrected chi connectivity index (χ4v) is 2.20. The van der Waals surface area contributed by atoms with Gasteiger partial charge < -0.3 is 10.5 Å². The van der Waals surface area contributed by atoms with Gasteiger partial charge in [0.05, 0.1) is 6.61 Å². The molecule has 1 saturated heterocycles. The molecule has 1 unspecified atom stereocenters. The molecule has 0 aromatic heterocycles. The molecule has 14 heavy (non-hydrogen) atoms. The Balaban J connectivity index is 2.22. The summed E-state index contributed by atoms with van der Waals surface area (Å²) in [7, 11) is 0. The molecule has 1 atom stereocenters. The number of piperidine rings is 1. The molecule has 1 rings (SSSR count). The normalized spacial score (nSPS) is 24.0. The molecule has 0 bridgehead atoms. The molecule has 0 spiro atoms. The number of rotatable bonds is 6. The van der Waals surface area contributed by atoms with E-state index in [1.807, 2.05) is 6.92 Å². The van der Waals surface area contributed by atoms with Gasteiger partial charge in [-0.05, 0) is 39.3 Å². The van der Waals surface area contributed by atoms with E-state index in [0.29, 0.717) is 6.04 Å². The van der Waals surface area contributed by atoms with Crippen molar-refractivity contribution < 1.29 is 4.74 Å². The second-order valence-electron chi connectivity index (χ2n) is 3.96. The van der Waals surface area contributed by atoms with E-state index in [4.69, 9.17) is 10.5 Å². The van der Waals surface area contributed by atoms with Gasteiger partial charge in [-0.1, -0.05) is 6.42 Å². The molecule has 3 heteroatoms. The van der Waals surface area contributed by atoms with Crippen LogP contribution in [0.2, 0.25) is 0 Å². The van der Waals surface area contributed by atoms with Crippen LogP contribution in [0.3, 0.4) is 0 Å². The van der Waals surface area contributed by atoms with Crippen LogP contribution in [-0.2, 0) is 4.74 Å². The van der Waals surface area contributed by atoms with Crippen molar-refractivity contribution in [3.05, 3.63) is 0 Å². The Hall–Kier alpha value is -0.120. The molecule has 3 nitrogen and oxygen atoms in total. The maximum atomic E-state index is 5.62. The van der Waals surface area contributed by atoms with Gasteiger partial charge in [-0.15, -0.1) is 0 Å². The Morgan fingerprint density at radius 2 is 2.29 bits per heavy atom. The Morgan fingerprint density at radius 3 is 3.00 bits per heavy atom. The summed E-state index contributed by atoms with van der Waals surface area (Å²) in [5, 5.41) is 0. The molecule has 0 radical (unpaired) electrons. The van der Waals surface area contributed by atoms with Gasteiger partial charge in [0.1, 0.15) is 0 Å². The van der Waals surface area contributed by atoms with Gasteiger partial charge in [-0.2, -0.15) is 0 Å². The van der Waals surface area contributed by atoms with E-state index in [1.54, 1.807) is 0 Å². The summed E-state index contributed by atoms with van der Waals surface area (Å²) in [6.07, 6.45) is 5.18. The van der Waals surface area contributed by atoms with Crippen molar-refractivity contribution >= 4 is 0 Å². The summed E-state index contributed by atoms with van der Waals surface area (Å²) in [4.78, 5) is 2.55. The minimum Gasteiger partial charge on any atom is -0.380 e. The van der Waals surface area contributed by atoms with E-state index < -0.39 is 0 Å². The quantitative estimate of drug-likeness (QED) is 0.655. The second-order valence-corrected chi connectivity index (χ2v) is 3.96. The average molecular weight is 200 g/mol. The molecule has 1 aliphatic rings. The first-order valence-electron chi connectivity index (χ1n) is 5.90. The van der Waals surface area contributed by atoms with Gasteiger partial charge >= 0.3 is 0 Å². The molecular formula is C11H24N2O. The van der Waals surface area contributed by atoms with Gasteiger partial charge in [0.15, 0.2) is 0 Å². The molecule has 0 aromatic carbocycles. The molecule has 0 amide bonds. The van der Waals surface area contributed by atoms with Crippen LogP contribution in [0, 0.1) is 0 Å². The fourth-order valence-electron chi connectivity index (χ4n) is 2.20. The molecular weight excluding hydrogens is 176 g/mol. The van der Waals surface area contributed by atoms with E-state index in [0.717, 1.165) is 32.7 Å².